The van der Waals surface area contributed by atoms with Gasteiger partial charge in [-0.1, -0.05) is 45.9 Å². The van der Waals surface area contributed by atoms with Crippen LogP contribution in [-0.4, -0.2) is 44.0 Å². The van der Waals surface area contributed by atoms with Gasteiger partial charge in [0.25, 0.3) is 0 Å². The number of methoxy groups -OCH3 is 2. The summed E-state index contributed by atoms with van der Waals surface area (Å²) in [5.74, 6) is 3.87. The summed E-state index contributed by atoms with van der Waals surface area (Å²) in [5.41, 5.74) is 4.41. The van der Waals surface area contributed by atoms with Crippen molar-refractivity contribution in [3.8, 4) is 11.5 Å². The summed E-state index contributed by atoms with van der Waals surface area (Å²) in [4.78, 5) is 24.9. The summed E-state index contributed by atoms with van der Waals surface area (Å²) in [6.45, 7) is 2.23. The van der Waals surface area contributed by atoms with Gasteiger partial charge in [-0.3, -0.25) is 9.59 Å². The van der Waals surface area contributed by atoms with E-state index in [4.69, 9.17) is 9.47 Å². The van der Waals surface area contributed by atoms with E-state index in [1.54, 1.807) is 35.8 Å². The molecule has 2 aromatic heterocycles. The van der Waals surface area contributed by atoms with Crippen LogP contribution < -0.4 is 48.7 Å². The van der Waals surface area contributed by atoms with Gasteiger partial charge in [-0.05, 0) is 66.1 Å². The highest BCUT2D eigenvalue weighted by molar-refractivity contribution is 8.76. The molecule has 7 nitrogen and oxygen atoms in total. The van der Waals surface area contributed by atoms with Crippen LogP contribution in [0.2, 0.25) is 0 Å². The third-order valence-corrected chi connectivity index (χ3v) is 10.5. The highest BCUT2D eigenvalue weighted by atomic mass is 35.5. The maximum absolute atomic E-state index is 12.5. The number of nitrogens with one attached hydrogen (secondary N) is 1. The van der Waals surface area contributed by atoms with E-state index in [2.05, 4.69) is 63.3 Å². The number of Topliss-reactive ketones (excluding diaryl/α,β-unsaturated/α-hetero) is 1. The minimum atomic E-state index is 0. The molecule has 0 spiro atoms. The van der Waals surface area contributed by atoms with Gasteiger partial charge in [0.1, 0.15) is 30.4 Å². The van der Waals surface area contributed by atoms with Crippen LogP contribution in [-0.2, 0) is 22.7 Å². The number of pyridine rings is 2. The first-order valence-electron chi connectivity index (χ1n) is 17.2. The van der Waals surface area contributed by atoms with Crippen molar-refractivity contribution >= 4 is 57.6 Å². The molecule has 0 aliphatic rings. The van der Waals surface area contributed by atoms with Gasteiger partial charge in [-0.15, -0.1) is 0 Å². The molecule has 0 aliphatic heterocycles. The number of nitrogens with zero attached hydrogens (tertiary/aromatic N) is 2. The average Bonchev–Trinajstić information content (AvgIpc) is 3.15. The molecule has 1 amide bonds. The molecule has 2 aromatic carbocycles. The van der Waals surface area contributed by atoms with Gasteiger partial charge >= 0.3 is 0 Å². The second kappa shape index (κ2) is 26.1. The Hall–Kier alpha value is -3.76. The van der Waals surface area contributed by atoms with Crippen LogP contribution in [0.15, 0.2) is 97.3 Å². The summed E-state index contributed by atoms with van der Waals surface area (Å²) >= 11 is 0. The lowest BCUT2D eigenvalue weighted by Crippen LogP contribution is -3.00. The number of aryl methyl sites for hydroxylation is 2. The number of hydrogen-bond donors (Lipinski definition) is 1. The van der Waals surface area contributed by atoms with Crippen LogP contribution in [0.4, 0.5) is 0 Å². The van der Waals surface area contributed by atoms with Gasteiger partial charge in [0.2, 0.25) is 17.3 Å². The molecule has 278 valence electrons. The van der Waals surface area contributed by atoms with E-state index in [9.17, 15) is 9.59 Å². The van der Waals surface area contributed by atoms with Gasteiger partial charge in [-0.25, -0.2) is 0 Å². The minimum absolute atomic E-state index is 0. The van der Waals surface area contributed by atoms with Gasteiger partial charge in [0.05, 0.1) is 14.2 Å². The fourth-order valence-corrected chi connectivity index (χ4v) is 7.22. The van der Waals surface area contributed by atoms with Crippen molar-refractivity contribution in [3.05, 3.63) is 120 Å². The number of hydrogen-bond acceptors (Lipinski definition) is 6. The molecule has 0 radical (unpaired) electrons. The molecule has 0 saturated heterocycles. The zero-order chi connectivity index (χ0) is 35.2. The Morgan fingerprint density at radius 2 is 1.10 bits per heavy atom. The molecule has 52 heavy (non-hydrogen) atoms. The molecule has 0 atom stereocenters. The second-order valence-corrected chi connectivity index (χ2v) is 14.4. The Morgan fingerprint density at radius 3 is 1.62 bits per heavy atom. The first kappa shape index (κ1) is 44.4. The molecule has 4 rings (SSSR count). The number of ketones is 1. The number of ether oxygens (including phenoxy) is 2. The Morgan fingerprint density at radius 1 is 0.615 bits per heavy atom. The van der Waals surface area contributed by atoms with E-state index in [1.165, 1.54) is 0 Å². The van der Waals surface area contributed by atoms with Crippen molar-refractivity contribution < 1.29 is 53.0 Å². The normalized spacial score (nSPS) is 10.8. The number of benzene rings is 2. The quantitative estimate of drug-likeness (QED) is 0.0746. The molecule has 0 unspecified atom stereocenters. The van der Waals surface area contributed by atoms with E-state index in [0.29, 0.717) is 31.6 Å². The number of aromatic nitrogens is 2. The van der Waals surface area contributed by atoms with E-state index in [-0.39, 0.29) is 30.7 Å². The van der Waals surface area contributed by atoms with E-state index >= 15 is 0 Å². The van der Waals surface area contributed by atoms with Crippen LogP contribution in [0.1, 0.15) is 61.0 Å². The molecule has 0 aliphatic carbocycles. The summed E-state index contributed by atoms with van der Waals surface area (Å²) in [7, 11) is 6.86. The summed E-state index contributed by atoms with van der Waals surface area (Å²) in [6, 6.07) is 28.2. The van der Waals surface area contributed by atoms with Crippen LogP contribution in [0, 0.1) is 0 Å². The summed E-state index contributed by atoms with van der Waals surface area (Å²) in [5, 5.41) is 3.04. The SMILES string of the molecule is COc1ccc(/C=C/c2cccc[n+]2CCCC(=O)CCCSSCCNC(=O)CCC[n+]2ccccc2/C=C/c2ccc(OC)cc2)cc1.[Cl-].[Cl-]. The lowest BCUT2D eigenvalue weighted by molar-refractivity contribution is -0.699. The Kier molecular flexibility index (Phi) is 22.3. The monoisotopic (exact) mass is 781 g/mol. The van der Waals surface area contributed by atoms with Crippen LogP contribution in [0.5, 0.6) is 11.5 Å². The predicted octanol–water partition coefficient (Wildman–Crippen LogP) is 1.74. The Balaban J connectivity index is 0.00000468. The second-order valence-electron chi connectivity index (χ2n) is 11.7. The molecular weight excluding hydrogens is 734 g/mol. The average molecular weight is 783 g/mol. The van der Waals surface area contributed by atoms with Gasteiger partial charge < -0.3 is 39.6 Å². The number of carbonyl (C=O) groups excluding carboxylic acids is 2. The molecule has 11 heteroatoms. The molecule has 0 fully saturated rings. The smallest absolute Gasteiger partial charge is 0.220 e. The van der Waals surface area contributed by atoms with Crippen molar-refractivity contribution in [1.82, 2.24) is 5.32 Å². The molecular formula is C41H49Cl2N3O4S2. The third kappa shape index (κ3) is 16.7. The van der Waals surface area contributed by atoms with Gasteiger partial charge in [-0.2, -0.15) is 9.13 Å². The first-order valence-corrected chi connectivity index (χ1v) is 19.7. The van der Waals surface area contributed by atoms with E-state index in [1.807, 2.05) is 72.8 Å². The van der Waals surface area contributed by atoms with E-state index in [0.717, 1.165) is 77.9 Å². The Bertz CT molecular complexity index is 1560. The van der Waals surface area contributed by atoms with Crippen molar-refractivity contribution in [2.24, 2.45) is 0 Å². The van der Waals surface area contributed by atoms with Crippen molar-refractivity contribution in [2.75, 3.05) is 32.3 Å². The van der Waals surface area contributed by atoms with Crippen LogP contribution in [0.3, 0.4) is 0 Å². The number of amides is 1. The fourth-order valence-electron chi connectivity index (χ4n) is 5.23. The van der Waals surface area contributed by atoms with Crippen molar-refractivity contribution in [3.63, 3.8) is 0 Å². The molecule has 0 bridgehead atoms. The minimum Gasteiger partial charge on any atom is -1.00 e. The first-order chi connectivity index (χ1) is 24.5. The standard InChI is InChI=1S/C41H48N3O4S2.2ClH/c1-47-39-23-17-34(18-24-39)15-21-36-10-3-5-28-43(36)30-7-12-38(45)13-9-32-49-50-33-27-42-41(46)14-8-31-44-29-6-4-11-37(44)22-16-35-19-25-40(48-2)26-20-35;;/h3-6,10-11,15-26,28-29H,7-9,12-14,27,30-33H2,1-2H3;2*1H/q+1;;/p-1/b21-15+,22-16+;;. The van der Waals surface area contributed by atoms with Gasteiger partial charge in [0, 0.05) is 86.6 Å². The topological polar surface area (TPSA) is 72.4 Å². The van der Waals surface area contributed by atoms with Crippen LogP contribution >= 0.6 is 21.6 Å². The lowest BCUT2D eigenvalue weighted by atomic mass is 10.1. The van der Waals surface area contributed by atoms with Crippen LogP contribution in [0.25, 0.3) is 24.3 Å². The molecule has 2 heterocycles. The zero-order valence-corrected chi connectivity index (χ0v) is 33.1. The highest BCUT2D eigenvalue weighted by Crippen LogP contribution is 2.22. The van der Waals surface area contributed by atoms with Crippen molar-refractivity contribution in [2.45, 2.75) is 51.6 Å². The molecule has 1 N–H and O–H groups in total. The Labute approximate surface area is 329 Å². The lowest BCUT2D eigenvalue weighted by Gasteiger charge is -2.05. The number of rotatable bonds is 22. The summed E-state index contributed by atoms with van der Waals surface area (Å²) in [6.07, 6.45) is 16.7. The molecule has 0 saturated carbocycles. The van der Waals surface area contributed by atoms with E-state index < -0.39 is 0 Å². The highest BCUT2D eigenvalue weighted by Gasteiger charge is 2.10. The maximum Gasteiger partial charge on any atom is 0.220 e. The number of carbonyl (C=O) groups is 2. The zero-order valence-electron chi connectivity index (χ0n) is 29.9. The molecule has 4 aromatic rings. The van der Waals surface area contributed by atoms with Gasteiger partial charge in [0.15, 0.2) is 12.4 Å². The third-order valence-electron chi connectivity index (χ3n) is 8.01. The fraction of sp³-hybridized carbons (Fsp3) is 0.317. The van der Waals surface area contributed by atoms with Crippen molar-refractivity contribution in [1.29, 1.82) is 0 Å². The predicted molar refractivity (Wildman–Crippen MR) is 208 cm³/mol. The number of halogens is 2. The maximum atomic E-state index is 12.5. The summed E-state index contributed by atoms with van der Waals surface area (Å²) < 4.78 is 14.8. The largest absolute Gasteiger partial charge is 1.00 e.